The van der Waals surface area contributed by atoms with Crippen LogP contribution in [0.3, 0.4) is 0 Å². The van der Waals surface area contributed by atoms with Crippen LogP contribution in [0.5, 0.6) is 0 Å². The molecule has 2 aliphatic heterocycles. The van der Waals surface area contributed by atoms with Gasteiger partial charge in [0.1, 0.15) is 6.04 Å². The van der Waals surface area contributed by atoms with Crippen molar-refractivity contribution in [3.63, 3.8) is 0 Å². The predicted octanol–water partition coefficient (Wildman–Crippen LogP) is 0.735. The van der Waals surface area contributed by atoms with Crippen molar-refractivity contribution in [2.75, 3.05) is 13.1 Å². The second-order valence-corrected chi connectivity index (χ2v) is 8.36. The summed E-state index contributed by atoms with van der Waals surface area (Å²) in [4.78, 5) is 37.2. The van der Waals surface area contributed by atoms with E-state index in [1.807, 2.05) is 0 Å². The van der Waals surface area contributed by atoms with Gasteiger partial charge in [0.15, 0.2) is 0 Å². The average Bonchev–Trinajstić information content (AvgIpc) is 2.36. The molecule has 1 unspecified atom stereocenters. The molecule has 0 spiro atoms. The minimum atomic E-state index is -1.07. The van der Waals surface area contributed by atoms with Gasteiger partial charge in [-0.05, 0) is 46.5 Å². The number of piperidine rings is 1. The van der Waals surface area contributed by atoms with Crippen molar-refractivity contribution in [3.8, 4) is 0 Å². The van der Waals surface area contributed by atoms with Gasteiger partial charge in [0.2, 0.25) is 11.8 Å². The van der Waals surface area contributed by atoms with Gasteiger partial charge in [-0.3, -0.25) is 14.4 Å². The van der Waals surface area contributed by atoms with E-state index < -0.39 is 12.0 Å². The molecular formula is C17H29N3O4. The van der Waals surface area contributed by atoms with E-state index in [9.17, 15) is 14.4 Å². The number of nitrogens with zero attached hydrogens (tertiary/aromatic N) is 1. The number of aliphatic carboxylic acids is 1. The molecule has 2 saturated heterocycles. The maximum atomic E-state index is 12.8. The van der Waals surface area contributed by atoms with Crippen LogP contribution in [-0.4, -0.2) is 58.0 Å². The first-order valence-electron chi connectivity index (χ1n) is 8.57. The molecule has 0 radical (unpaired) electrons. The summed E-state index contributed by atoms with van der Waals surface area (Å²) in [6.45, 7) is 9.28. The Bertz CT molecular complexity index is 514. The highest BCUT2D eigenvalue weighted by molar-refractivity contribution is 5.91. The monoisotopic (exact) mass is 339 g/mol. The van der Waals surface area contributed by atoms with Gasteiger partial charge in [-0.2, -0.15) is 0 Å². The van der Waals surface area contributed by atoms with E-state index in [0.29, 0.717) is 19.5 Å². The number of carboxylic acids is 1. The Morgan fingerprint density at radius 2 is 1.75 bits per heavy atom. The van der Waals surface area contributed by atoms with E-state index in [1.165, 1.54) is 4.90 Å². The number of hydrogen-bond acceptors (Lipinski definition) is 4. The maximum absolute atomic E-state index is 12.8. The van der Waals surface area contributed by atoms with Gasteiger partial charge >= 0.3 is 5.97 Å². The maximum Gasteiger partial charge on any atom is 0.305 e. The number of hydrogen-bond donors (Lipinski definition) is 3. The Morgan fingerprint density at radius 3 is 2.29 bits per heavy atom. The smallest absolute Gasteiger partial charge is 0.305 e. The van der Waals surface area contributed by atoms with E-state index in [1.54, 1.807) is 0 Å². The molecule has 2 heterocycles. The van der Waals surface area contributed by atoms with E-state index in [-0.39, 0.29) is 35.2 Å². The van der Waals surface area contributed by atoms with Crippen LogP contribution in [0, 0.1) is 5.92 Å². The standard InChI is InChI=1S/C17H29N3O4/c1-16(2)9-11(10-17(3,4)19-16)7-13(21)20-6-5-18-15(24)12(20)8-14(22)23/h11-12,19H,5-10H2,1-4H3,(H,18,24)(H,22,23). The molecular weight excluding hydrogens is 310 g/mol. The minimum absolute atomic E-state index is 0.0492. The summed E-state index contributed by atoms with van der Waals surface area (Å²) in [5.41, 5.74) is -0.0983. The Morgan fingerprint density at radius 1 is 1.17 bits per heavy atom. The molecule has 2 amide bonds. The molecule has 0 aromatic carbocycles. The molecule has 0 aromatic heterocycles. The molecule has 0 bridgehead atoms. The van der Waals surface area contributed by atoms with Crippen molar-refractivity contribution in [2.45, 2.75) is 70.5 Å². The molecule has 3 N–H and O–H groups in total. The SMILES string of the molecule is CC1(C)CC(CC(=O)N2CCNC(=O)C2CC(=O)O)CC(C)(C)N1. The second-order valence-electron chi connectivity index (χ2n) is 8.36. The Hall–Kier alpha value is -1.63. The first kappa shape index (κ1) is 18.7. The Balaban J connectivity index is 2.06. The van der Waals surface area contributed by atoms with Gasteiger partial charge < -0.3 is 20.6 Å². The highest BCUT2D eigenvalue weighted by Gasteiger charge is 2.40. The molecule has 24 heavy (non-hydrogen) atoms. The lowest BCUT2D eigenvalue weighted by Gasteiger charge is -2.47. The van der Waals surface area contributed by atoms with Gasteiger partial charge in [0.05, 0.1) is 6.42 Å². The number of rotatable bonds is 4. The number of carbonyl (C=O) groups is 3. The van der Waals surface area contributed by atoms with Gasteiger partial charge in [-0.25, -0.2) is 0 Å². The molecule has 2 rings (SSSR count). The summed E-state index contributed by atoms with van der Waals surface area (Å²) in [6.07, 6.45) is 1.77. The van der Waals surface area contributed by atoms with E-state index >= 15 is 0 Å². The van der Waals surface area contributed by atoms with Crippen LogP contribution in [0.4, 0.5) is 0 Å². The third-order valence-electron chi connectivity index (χ3n) is 4.76. The molecule has 2 aliphatic rings. The van der Waals surface area contributed by atoms with Crippen LogP contribution in [-0.2, 0) is 14.4 Å². The highest BCUT2D eigenvalue weighted by Crippen LogP contribution is 2.35. The average molecular weight is 339 g/mol. The van der Waals surface area contributed by atoms with Crippen molar-refractivity contribution >= 4 is 17.8 Å². The lowest BCUT2D eigenvalue weighted by Crippen LogP contribution is -2.60. The fourth-order valence-corrected chi connectivity index (χ4v) is 4.42. The van der Waals surface area contributed by atoms with Crippen LogP contribution < -0.4 is 10.6 Å². The van der Waals surface area contributed by atoms with Gasteiger partial charge in [-0.1, -0.05) is 0 Å². The molecule has 7 nitrogen and oxygen atoms in total. The molecule has 7 heteroatoms. The first-order chi connectivity index (χ1) is 11.0. The van der Waals surface area contributed by atoms with Crippen molar-refractivity contribution in [3.05, 3.63) is 0 Å². The summed E-state index contributed by atoms with van der Waals surface area (Å²) < 4.78 is 0. The lowest BCUT2D eigenvalue weighted by molar-refractivity contribution is -0.149. The molecule has 2 fully saturated rings. The van der Waals surface area contributed by atoms with Crippen molar-refractivity contribution in [1.82, 2.24) is 15.5 Å². The van der Waals surface area contributed by atoms with Crippen LogP contribution >= 0.6 is 0 Å². The van der Waals surface area contributed by atoms with E-state index in [4.69, 9.17) is 5.11 Å². The first-order valence-corrected chi connectivity index (χ1v) is 8.57. The molecule has 136 valence electrons. The summed E-state index contributed by atoms with van der Waals surface area (Å²) in [5.74, 6) is -1.34. The third kappa shape index (κ3) is 4.69. The topological polar surface area (TPSA) is 98.7 Å². The molecule has 0 aliphatic carbocycles. The number of amides is 2. The van der Waals surface area contributed by atoms with Crippen LogP contribution in [0.1, 0.15) is 53.4 Å². The van der Waals surface area contributed by atoms with E-state index in [0.717, 1.165) is 12.8 Å². The fourth-order valence-electron chi connectivity index (χ4n) is 4.42. The number of carbonyl (C=O) groups excluding carboxylic acids is 2. The van der Waals surface area contributed by atoms with E-state index in [2.05, 4.69) is 38.3 Å². The second kappa shape index (κ2) is 6.70. The zero-order chi connectivity index (χ0) is 18.1. The van der Waals surface area contributed by atoms with Crippen molar-refractivity contribution < 1.29 is 19.5 Å². The normalized spacial score (nSPS) is 26.8. The predicted molar refractivity (Wildman–Crippen MR) is 89.4 cm³/mol. The van der Waals surface area contributed by atoms with Crippen molar-refractivity contribution in [2.24, 2.45) is 5.92 Å². The Kier molecular flexibility index (Phi) is 5.22. The van der Waals surface area contributed by atoms with Crippen LogP contribution in [0.15, 0.2) is 0 Å². The summed E-state index contributed by atoms with van der Waals surface area (Å²) >= 11 is 0. The summed E-state index contributed by atoms with van der Waals surface area (Å²) in [7, 11) is 0. The minimum Gasteiger partial charge on any atom is -0.481 e. The Labute approximate surface area is 143 Å². The van der Waals surface area contributed by atoms with Gasteiger partial charge in [0, 0.05) is 30.6 Å². The lowest BCUT2D eigenvalue weighted by atomic mass is 9.74. The zero-order valence-corrected chi connectivity index (χ0v) is 15.0. The highest BCUT2D eigenvalue weighted by atomic mass is 16.4. The molecule has 0 saturated carbocycles. The number of carboxylic acid groups (broad SMARTS) is 1. The third-order valence-corrected chi connectivity index (χ3v) is 4.76. The molecule has 0 aromatic rings. The fraction of sp³-hybridized carbons (Fsp3) is 0.824. The largest absolute Gasteiger partial charge is 0.481 e. The van der Waals surface area contributed by atoms with Gasteiger partial charge in [-0.15, -0.1) is 0 Å². The zero-order valence-electron chi connectivity index (χ0n) is 15.0. The summed E-state index contributed by atoms with van der Waals surface area (Å²) in [5, 5.41) is 15.3. The van der Waals surface area contributed by atoms with Gasteiger partial charge in [0.25, 0.3) is 0 Å². The summed E-state index contributed by atoms with van der Waals surface area (Å²) in [6, 6.07) is -0.897. The van der Waals surface area contributed by atoms with Crippen LogP contribution in [0.25, 0.3) is 0 Å². The number of nitrogens with one attached hydrogen (secondary N) is 2. The molecule has 1 atom stereocenters. The number of piperazine rings is 1. The quantitative estimate of drug-likeness (QED) is 0.701. The van der Waals surface area contributed by atoms with Crippen molar-refractivity contribution in [1.29, 1.82) is 0 Å². The van der Waals surface area contributed by atoms with Crippen LogP contribution in [0.2, 0.25) is 0 Å².